The van der Waals surface area contributed by atoms with Gasteiger partial charge in [-0.3, -0.25) is 0 Å². The van der Waals surface area contributed by atoms with Gasteiger partial charge in [0.1, 0.15) is 12.1 Å². The summed E-state index contributed by atoms with van der Waals surface area (Å²) in [4.78, 5) is 8.13. The standard InChI is InChI=1S/C10H15N3O2/c1-8-4-10(13-7-12-8)11-5-9-6-14-2-3-15-9/h4,7,9H,2-3,5-6H2,1H3,(H,11,12,13). The Bertz CT molecular complexity index is 313. The fraction of sp³-hybridized carbons (Fsp3) is 0.600. The quantitative estimate of drug-likeness (QED) is 0.790. The molecule has 0 radical (unpaired) electrons. The van der Waals surface area contributed by atoms with Crippen molar-refractivity contribution >= 4 is 5.82 Å². The second-order valence-electron chi connectivity index (χ2n) is 3.49. The van der Waals surface area contributed by atoms with Crippen molar-refractivity contribution in [3.05, 3.63) is 18.1 Å². The summed E-state index contributed by atoms with van der Waals surface area (Å²) in [5, 5.41) is 3.20. The molecule has 1 N–H and O–H groups in total. The van der Waals surface area contributed by atoms with E-state index in [-0.39, 0.29) is 6.10 Å². The summed E-state index contributed by atoms with van der Waals surface area (Å²) in [6.07, 6.45) is 1.67. The first-order valence-electron chi connectivity index (χ1n) is 5.06. The highest BCUT2D eigenvalue weighted by Crippen LogP contribution is 2.05. The van der Waals surface area contributed by atoms with E-state index < -0.39 is 0 Å². The van der Waals surface area contributed by atoms with E-state index >= 15 is 0 Å². The Morgan fingerprint density at radius 2 is 2.40 bits per heavy atom. The minimum absolute atomic E-state index is 0.119. The lowest BCUT2D eigenvalue weighted by atomic mass is 10.3. The second-order valence-corrected chi connectivity index (χ2v) is 3.49. The van der Waals surface area contributed by atoms with Gasteiger partial charge in [0, 0.05) is 18.3 Å². The molecule has 0 aliphatic carbocycles. The van der Waals surface area contributed by atoms with Crippen LogP contribution in [0.15, 0.2) is 12.4 Å². The summed E-state index contributed by atoms with van der Waals surface area (Å²) in [7, 11) is 0. The van der Waals surface area contributed by atoms with E-state index in [1.165, 1.54) is 0 Å². The molecule has 1 atom stereocenters. The Morgan fingerprint density at radius 1 is 1.47 bits per heavy atom. The van der Waals surface area contributed by atoms with Crippen LogP contribution in [0.5, 0.6) is 0 Å². The molecule has 0 aromatic carbocycles. The van der Waals surface area contributed by atoms with Crippen molar-refractivity contribution in [2.24, 2.45) is 0 Å². The van der Waals surface area contributed by atoms with Gasteiger partial charge in [0.2, 0.25) is 0 Å². The number of aryl methyl sites for hydroxylation is 1. The maximum absolute atomic E-state index is 5.50. The average Bonchev–Trinajstić information content (AvgIpc) is 2.28. The second kappa shape index (κ2) is 5.04. The molecule has 0 saturated carbocycles. The zero-order valence-electron chi connectivity index (χ0n) is 8.77. The monoisotopic (exact) mass is 209 g/mol. The smallest absolute Gasteiger partial charge is 0.129 e. The Kier molecular flexibility index (Phi) is 3.47. The van der Waals surface area contributed by atoms with Crippen molar-refractivity contribution in [1.82, 2.24) is 9.97 Å². The highest BCUT2D eigenvalue weighted by molar-refractivity contribution is 5.34. The van der Waals surface area contributed by atoms with Gasteiger partial charge in [-0.2, -0.15) is 0 Å². The Balaban J connectivity index is 1.81. The van der Waals surface area contributed by atoms with Crippen LogP contribution in [0.2, 0.25) is 0 Å². The van der Waals surface area contributed by atoms with Crippen LogP contribution in [-0.2, 0) is 9.47 Å². The lowest BCUT2D eigenvalue weighted by molar-refractivity contribution is -0.0819. The fourth-order valence-corrected chi connectivity index (χ4v) is 1.42. The van der Waals surface area contributed by atoms with Crippen molar-refractivity contribution in [2.75, 3.05) is 31.7 Å². The van der Waals surface area contributed by atoms with Gasteiger partial charge < -0.3 is 14.8 Å². The molecule has 15 heavy (non-hydrogen) atoms. The van der Waals surface area contributed by atoms with Gasteiger partial charge in [0.15, 0.2) is 0 Å². The first-order valence-corrected chi connectivity index (χ1v) is 5.06. The molecule has 1 aromatic heterocycles. The number of anilines is 1. The third kappa shape index (κ3) is 3.14. The van der Waals surface area contributed by atoms with Gasteiger partial charge in [-0.1, -0.05) is 0 Å². The Hall–Kier alpha value is -1.20. The molecule has 1 fully saturated rings. The third-order valence-corrected chi connectivity index (χ3v) is 2.20. The van der Waals surface area contributed by atoms with Gasteiger partial charge in [0.25, 0.3) is 0 Å². The summed E-state index contributed by atoms with van der Waals surface area (Å²) in [6.45, 7) is 4.68. The number of rotatable bonds is 3. The number of nitrogens with zero attached hydrogens (tertiary/aromatic N) is 2. The highest BCUT2D eigenvalue weighted by Gasteiger charge is 2.13. The largest absolute Gasteiger partial charge is 0.376 e. The van der Waals surface area contributed by atoms with Crippen LogP contribution in [0.3, 0.4) is 0 Å². The normalized spacial score (nSPS) is 21.3. The van der Waals surface area contributed by atoms with Crippen LogP contribution in [0, 0.1) is 6.92 Å². The number of nitrogens with one attached hydrogen (secondary N) is 1. The molecule has 0 bridgehead atoms. The summed E-state index contributed by atoms with van der Waals surface area (Å²) in [5.41, 5.74) is 0.952. The van der Waals surface area contributed by atoms with Crippen molar-refractivity contribution in [3.63, 3.8) is 0 Å². The first kappa shape index (κ1) is 10.3. The maximum Gasteiger partial charge on any atom is 0.129 e. The van der Waals surface area contributed by atoms with Crippen LogP contribution in [-0.4, -0.2) is 42.4 Å². The molecule has 0 amide bonds. The Morgan fingerprint density at radius 3 is 3.13 bits per heavy atom. The number of hydrogen-bond donors (Lipinski definition) is 1. The molecular formula is C10H15N3O2. The molecule has 1 unspecified atom stereocenters. The fourth-order valence-electron chi connectivity index (χ4n) is 1.42. The molecule has 5 heteroatoms. The van der Waals surface area contributed by atoms with Crippen LogP contribution < -0.4 is 5.32 Å². The zero-order valence-corrected chi connectivity index (χ0v) is 8.77. The summed E-state index contributed by atoms with van der Waals surface area (Å²) in [5.74, 6) is 0.830. The van der Waals surface area contributed by atoms with E-state index in [1.807, 2.05) is 13.0 Å². The summed E-state index contributed by atoms with van der Waals surface area (Å²) in [6, 6.07) is 1.91. The molecule has 2 heterocycles. The lowest BCUT2D eigenvalue weighted by Crippen LogP contribution is -2.34. The number of ether oxygens (including phenoxy) is 2. The number of hydrogen-bond acceptors (Lipinski definition) is 5. The van der Waals surface area contributed by atoms with Gasteiger partial charge in [-0.15, -0.1) is 0 Å². The number of aromatic nitrogens is 2. The molecule has 1 aromatic rings. The lowest BCUT2D eigenvalue weighted by Gasteiger charge is -2.23. The molecule has 1 aliphatic rings. The molecular weight excluding hydrogens is 194 g/mol. The van der Waals surface area contributed by atoms with E-state index in [9.17, 15) is 0 Å². The molecule has 0 spiro atoms. The van der Waals surface area contributed by atoms with E-state index in [0.29, 0.717) is 19.8 Å². The van der Waals surface area contributed by atoms with E-state index in [1.54, 1.807) is 6.33 Å². The third-order valence-electron chi connectivity index (χ3n) is 2.20. The minimum Gasteiger partial charge on any atom is -0.376 e. The highest BCUT2D eigenvalue weighted by atomic mass is 16.6. The molecule has 5 nitrogen and oxygen atoms in total. The minimum atomic E-state index is 0.119. The van der Waals surface area contributed by atoms with Crippen molar-refractivity contribution in [3.8, 4) is 0 Å². The predicted molar refractivity (Wildman–Crippen MR) is 55.8 cm³/mol. The van der Waals surface area contributed by atoms with Crippen molar-refractivity contribution < 1.29 is 9.47 Å². The van der Waals surface area contributed by atoms with E-state index in [2.05, 4.69) is 15.3 Å². The van der Waals surface area contributed by atoms with Gasteiger partial charge in [0.05, 0.1) is 25.9 Å². The van der Waals surface area contributed by atoms with Crippen molar-refractivity contribution in [1.29, 1.82) is 0 Å². The van der Waals surface area contributed by atoms with Crippen LogP contribution >= 0.6 is 0 Å². The van der Waals surface area contributed by atoms with Gasteiger partial charge in [-0.25, -0.2) is 9.97 Å². The maximum atomic E-state index is 5.50. The van der Waals surface area contributed by atoms with Gasteiger partial charge in [-0.05, 0) is 6.92 Å². The Labute approximate surface area is 88.8 Å². The first-order chi connectivity index (χ1) is 7.34. The van der Waals surface area contributed by atoms with Crippen LogP contribution in [0.1, 0.15) is 5.69 Å². The molecule has 1 aliphatic heterocycles. The zero-order chi connectivity index (χ0) is 10.5. The molecule has 1 saturated heterocycles. The predicted octanol–water partition coefficient (Wildman–Crippen LogP) is 0.612. The van der Waals surface area contributed by atoms with Gasteiger partial charge >= 0.3 is 0 Å². The van der Waals surface area contributed by atoms with Crippen LogP contribution in [0.4, 0.5) is 5.82 Å². The van der Waals surface area contributed by atoms with Crippen molar-refractivity contribution in [2.45, 2.75) is 13.0 Å². The van der Waals surface area contributed by atoms with Crippen LogP contribution in [0.25, 0.3) is 0 Å². The summed E-state index contributed by atoms with van der Waals surface area (Å²) >= 11 is 0. The molecule has 82 valence electrons. The summed E-state index contributed by atoms with van der Waals surface area (Å²) < 4.78 is 10.8. The average molecular weight is 209 g/mol. The molecule has 2 rings (SSSR count). The van der Waals surface area contributed by atoms with E-state index in [0.717, 1.165) is 18.1 Å². The topological polar surface area (TPSA) is 56.3 Å². The van der Waals surface area contributed by atoms with E-state index in [4.69, 9.17) is 9.47 Å². The SMILES string of the molecule is Cc1cc(NCC2COCCO2)ncn1.